The highest BCUT2D eigenvalue weighted by atomic mass is 79.9. The number of benzene rings is 1. The van der Waals surface area contributed by atoms with Gasteiger partial charge in [0, 0.05) is 10.5 Å². The van der Waals surface area contributed by atoms with Crippen LogP contribution in [0.2, 0.25) is 0 Å². The number of rotatable bonds is 2. The summed E-state index contributed by atoms with van der Waals surface area (Å²) in [6.07, 6.45) is -4.18. The highest BCUT2D eigenvalue weighted by Gasteiger charge is 2.35. The molecule has 0 saturated heterocycles. The standard InChI is InChI=1S/C11H8BrF3O2/c1-17-10(16)6-9(11(13,14)15)7-3-2-4-8(12)5-7/h2-6H,1H3/b9-6-. The molecule has 0 heterocycles. The molecule has 0 unspecified atom stereocenters. The zero-order valence-corrected chi connectivity index (χ0v) is 10.3. The Hall–Kier alpha value is -1.30. The molecular formula is C11H8BrF3O2. The molecule has 0 N–H and O–H groups in total. The van der Waals surface area contributed by atoms with Gasteiger partial charge >= 0.3 is 12.1 Å². The van der Waals surface area contributed by atoms with Gasteiger partial charge in [-0.15, -0.1) is 0 Å². The average molecular weight is 309 g/mol. The number of carbonyl (C=O) groups excluding carboxylic acids is 1. The van der Waals surface area contributed by atoms with Crippen LogP contribution in [0.15, 0.2) is 34.8 Å². The number of methoxy groups -OCH3 is 1. The van der Waals surface area contributed by atoms with Gasteiger partial charge in [-0.25, -0.2) is 4.79 Å². The number of allylic oxidation sites excluding steroid dienone is 1. The Labute approximate surface area is 104 Å². The van der Waals surface area contributed by atoms with E-state index in [4.69, 9.17) is 0 Å². The Morgan fingerprint density at radius 2 is 2.06 bits per heavy atom. The van der Waals surface area contributed by atoms with Gasteiger partial charge in [0.1, 0.15) is 0 Å². The molecule has 0 saturated carbocycles. The number of esters is 1. The first-order valence-corrected chi connectivity index (χ1v) is 5.26. The van der Waals surface area contributed by atoms with Crippen LogP contribution < -0.4 is 0 Å². The van der Waals surface area contributed by atoms with Gasteiger partial charge in [-0.2, -0.15) is 13.2 Å². The van der Waals surface area contributed by atoms with Gasteiger partial charge in [0.25, 0.3) is 0 Å². The van der Waals surface area contributed by atoms with Crippen LogP contribution in [0.25, 0.3) is 5.57 Å². The van der Waals surface area contributed by atoms with E-state index in [1.807, 2.05) is 0 Å². The van der Waals surface area contributed by atoms with E-state index in [2.05, 4.69) is 20.7 Å². The first-order chi connectivity index (χ1) is 7.84. The number of carbonyl (C=O) groups is 1. The van der Waals surface area contributed by atoms with Crippen molar-refractivity contribution in [3.63, 3.8) is 0 Å². The lowest BCUT2D eigenvalue weighted by atomic mass is 10.1. The lowest BCUT2D eigenvalue weighted by Crippen LogP contribution is -2.13. The van der Waals surface area contributed by atoms with Crippen molar-refractivity contribution < 1.29 is 22.7 Å². The third-order valence-electron chi connectivity index (χ3n) is 1.90. The zero-order chi connectivity index (χ0) is 13.1. The highest BCUT2D eigenvalue weighted by molar-refractivity contribution is 9.10. The average Bonchev–Trinajstić information content (AvgIpc) is 2.23. The summed E-state index contributed by atoms with van der Waals surface area (Å²) in [6.45, 7) is 0. The van der Waals surface area contributed by atoms with Crippen LogP contribution in [-0.4, -0.2) is 19.3 Å². The molecule has 0 atom stereocenters. The molecule has 92 valence electrons. The summed E-state index contributed by atoms with van der Waals surface area (Å²) in [7, 11) is 1.02. The van der Waals surface area contributed by atoms with Crippen molar-refractivity contribution >= 4 is 27.5 Å². The maximum Gasteiger partial charge on any atom is 0.417 e. The van der Waals surface area contributed by atoms with E-state index in [1.165, 1.54) is 18.2 Å². The Morgan fingerprint density at radius 1 is 1.41 bits per heavy atom. The minimum Gasteiger partial charge on any atom is -0.466 e. The number of ether oxygens (including phenoxy) is 1. The minimum atomic E-state index is -4.62. The van der Waals surface area contributed by atoms with Crippen molar-refractivity contribution in [3.8, 4) is 0 Å². The molecule has 1 rings (SSSR count). The molecule has 6 heteroatoms. The molecule has 17 heavy (non-hydrogen) atoms. The van der Waals surface area contributed by atoms with Crippen LogP contribution in [0.4, 0.5) is 13.2 Å². The predicted octanol–water partition coefficient (Wildman–Crippen LogP) is 3.57. The fourth-order valence-electron chi connectivity index (χ4n) is 1.16. The summed E-state index contributed by atoms with van der Waals surface area (Å²) in [4.78, 5) is 10.9. The van der Waals surface area contributed by atoms with Crippen LogP contribution >= 0.6 is 15.9 Å². The fraction of sp³-hybridized carbons (Fsp3) is 0.182. The van der Waals surface area contributed by atoms with Crippen LogP contribution in [0, 0.1) is 0 Å². The van der Waals surface area contributed by atoms with Gasteiger partial charge in [-0.1, -0.05) is 28.1 Å². The summed E-state index contributed by atoms with van der Waals surface area (Å²) in [5.74, 6) is -1.04. The van der Waals surface area contributed by atoms with E-state index in [0.29, 0.717) is 10.5 Å². The topological polar surface area (TPSA) is 26.3 Å². The molecular weight excluding hydrogens is 301 g/mol. The Morgan fingerprint density at radius 3 is 2.53 bits per heavy atom. The summed E-state index contributed by atoms with van der Waals surface area (Å²) in [5.41, 5.74) is -1.14. The van der Waals surface area contributed by atoms with Crippen LogP contribution in [0.5, 0.6) is 0 Å². The SMILES string of the molecule is COC(=O)/C=C(/c1cccc(Br)c1)C(F)(F)F. The number of halogens is 4. The summed E-state index contributed by atoms with van der Waals surface area (Å²) >= 11 is 3.07. The smallest absolute Gasteiger partial charge is 0.417 e. The number of hydrogen-bond acceptors (Lipinski definition) is 2. The fourth-order valence-corrected chi connectivity index (χ4v) is 1.56. The third-order valence-corrected chi connectivity index (χ3v) is 2.40. The molecule has 0 bridgehead atoms. The molecule has 0 amide bonds. The molecule has 0 spiro atoms. The molecule has 0 aromatic heterocycles. The van der Waals surface area contributed by atoms with E-state index in [9.17, 15) is 18.0 Å². The lowest BCUT2D eigenvalue weighted by Gasteiger charge is -2.11. The van der Waals surface area contributed by atoms with Gasteiger partial charge in [0.15, 0.2) is 0 Å². The van der Waals surface area contributed by atoms with Crippen molar-refractivity contribution in [2.24, 2.45) is 0 Å². The Bertz CT molecular complexity index is 452. The second kappa shape index (κ2) is 5.35. The lowest BCUT2D eigenvalue weighted by molar-refractivity contribution is -0.135. The Kier molecular flexibility index (Phi) is 4.34. The van der Waals surface area contributed by atoms with E-state index < -0.39 is 17.7 Å². The van der Waals surface area contributed by atoms with Crippen LogP contribution in [0.1, 0.15) is 5.56 Å². The molecule has 1 aromatic rings. The maximum absolute atomic E-state index is 12.7. The van der Waals surface area contributed by atoms with Crippen molar-refractivity contribution in [1.29, 1.82) is 0 Å². The van der Waals surface area contributed by atoms with Gasteiger partial charge in [-0.3, -0.25) is 0 Å². The molecule has 0 aliphatic rings. The molecule has 0 fully saturated rings. The number of hydrogen-bond donors (Lipinski definition) is 0. The zero-order valence-electron chi connectivity index (χ0n) is 8.72. The van der Waals surface area contributed by atoms with Gasteiger partial charge in [-0.05, 0) is 17.7 Å². The van der Waals surface area contributed by atoms with Crippen LogP contribution in [-0.2, 0) is 9.53 Å². The molecule has 0 aliphatic heterocycles. The summed E-state index contributed by atoms with van der Waals surface area (Å²) in [6, 6.07) is 5.60. The predicted molar refractivity (Wildman–Crippen MR) is 60.2 cm³/mol. The van der Waals surface area contributed by atoms with Crippen molar-refractivity contribution in [2.75, 3.05) is 7.11 Å². The first-order valence-electron chi connectivity index (χ1n) is 4.47. The van der Waals surface area contributed by atoms with E-state index in [0.717, 1.165) is 7.11 Å². The van der Waals surface area contributed by atoms with Gasteiger partial charge < -0.3 is 4.74 Å². The van der Waals surface area contributed by atoms with Gasteiger partial charge in [0.2, 0.25) is 0 Å². The Balaban J connectivity index is 3.26. The van der Waals surface area contributed by atoms with E-state index in [-0.39, 0.29) is 5.56 Å². The minimum absolute atomic E-state index is 0.0997. The largest absolute Gasteiger partial charge is 0.466 e. The monoisotopic (exact) mass is 308 g/mol. The number of alkyl halides is 3. The summed E-state index contributed by atoms with van der Waals surface area (Å²) in [5, 5.41) is 0. The van der Waals surface area contributed by atoms with Crippen molar-refractivity contribution in [2.45, 2.75) is 6.18 Å². The van der Waals surface area contributed by atoms with Crippen molar-refractivity contribution in [1.82, 2.24) is 0 Å². The quantitative estimate of drug-likeness (QED) is 0.617. The van der Waals surface area contributed by atoms with Crippen LogP contribution in [0.3, 0.4) is 0 Å². The normalized spacial score (nSPS) is 12.4. The second-order valence-electron chi connectivity index (χ2n) is 3.09. The second-order valence-corrected chi connectivity index (χ2v) is 4.00. The molecule has 0 radical (unpaired) electrons. The van der Waals surface area contributed by atoms with E-state index >= 15 is 0 Å². The maximum atomic E-state index is 12.7. The highest BCUT2D eigenvalue weighted by Crippen LogP contribution is 2.34. The van der Waals surface area contributed by atoms with Gasteiger partial charge in [0.05, 0.1) is 12.7 Å². The molecule has 1 aromatic carbocycles. The summed E-state index contributed by atoms with van der Waals surface area (Å²) < 4.78 is 42.9. The van der Waals surface area contributed by atoms with Crippen molar-refractivity contribution in [3.05, 3.63) is 40.4 Å². The molecule has 2 nitrogen and oxygen atoms in total. The first kappa shape index (κ1) is 13.8. The molecule has 0 aliphatic carbocycles. The van der Waals surface area contributed by atoms with E-state index in [1.54, 1.807) is 6.07 Å². The third kappa shape index (κ3) is 3.89.